The minimum Gasteiger partial charge on any atom is -0.508 e. The van der Waals surface area contributed by atoms with Gasteiger partial charge in [0.05, 0.1) is 12.2 Å². The van der Waals surface area contributed by atoms with E-state index in [2.05, 4.69) is 20.5 Å². The van der Waals surface area contributed by atoms with Crippen LogP contribution in [0.2, 0.25) is 0 Å². The number of hydrogen-bond acceptors (Lipinski definition) is 8. The maximum Gasteiger partial charge on any atom is 0.319 e. The van der Waals surface area contributed by atoms with Crippen molar-refractivity contribution in [1.82, 2.24) is 25.5 Å². The molecule has 2 bridgehead atoms. The number of fused-ring (bicyclic) bond motifs is 4. The summed E-state index contributed by atoms with van der Waals surface area (Å²) in [5.74, 6) is -4.43. The van der Waals surface area contributed by atoms with Gasteiger partial charge in [-0.25, -0.2) is 17.6 Å². The molecule has 9 rings (SSSR count). The van der Waals surface area contributed by atoms with Crippen LogP contribution in [0, 0.1) is 34.1 Å². The molecule has 2 unspecified atom stereocenters. The largest absolute Gasteiger partial charge is 0.508 e. The van der Waals surface area contributed by atoms with Gasteiger partial charge in [-0.15, -0.1) is 0 Å². The first-order valence-electron chi connectivity index (χ1n) is 16.6. The van der Waals surface area contributed by atoms with Crippen LogP contribution in [-0.4, -0.2) is 84.5 Å². The van der Waals surface area contributed by atoms with Crippen molar-refractivity contribution in [3.63, 3.8) is 0 Å². The Bertz CT molecular complexity index is 1910. The van der Waals surface area contributed by atoms with Gasteiger partial charge in [0.15, 0.2) is 17.5 Å². The highest BCUT2D eigenvalue weighted by atomic mass is 19.2. The molecule has 3 aromatic carbocycles. The van der Waals surface area contributed by atoms with E-state index in [1.807, 2.05) is 4.90 Å². The van der Waals surface area contributed by atoms with Crippen LogP contribution < -0.4 is 20.3 Å². The van der Waals surface area contributed by atoms with Crippen LogP contribution in [0.1, 0.15) is 32.1 Å². The predicted molar refractivity (Wildman–Crippen MR) is 170 cm³/mol. The number of piperazine rings is 1. The summed E-state index contributed by atoms with van der Waals surface area (Å²) >= 11 is 0. The van der Waals surface area contributed by atoms with E-state index < -0.39 is 28.8 Å². The fourth-order valence-electron chi connectivity index (χ4n) is 8.56. The number of nitrogens with one attached hydrogen (secondary N) is 2. The van der Waals surface area contributed by atoms with Crippen molar-refractivity contribution < 1.29 is 27.4 Å². The van der Waals surface area contributed by atoms with Gasteiger partial charge in [-0.2, -0.15) is 9.97 Å². The third-order valence-electron chi connectivity index (χ3n) is 11.1. The molecule has 5 fully saturated rings. The Kier molecular flexibility index (Phi) is 6.65. The Morgan fingerprint density at radius 2 is 1.72 bits per heavy atom. The molecule has 5 aliphatic rings. The van der Waals surface area contributed by atoms with Crippen molar-refractivity contribution in [2.45, 2.75) is 44.2 Å². The maximum absolute atomic E-state index is 16.7. The van der Waals surface area contributed by atoms with Gasteiger partial charge >= 0.3 is 6.01 Å². The van der Waals surface area contributed by atoms with E-state index in [-0.39, 0.29) is 56.5 Å². The Hall–Kier alpha value is -3.74. The Labute approximate surface area is 269 Å². The molecule has 47 heavy (non-hydrogen) atoms. The van der Waals surface area contributed by atoms with Crippen LogP contribution in [-0.2, 0) is 0 Å². The van der Waals surface area contributed by atoms with Crippen LogP contribution in [0.25, 0.3) is 32.8 Å². The summed E-state index contributed by atoms with van der Waals surface area (Å²) in [6.45, 7) is 6.84. The molecule has 4 saturated heterocycles. The first-order valence-corrected chi connectivity index (χ1v) is 16.6. The van der Waals surface area contributed by atoms with Crippen molar-refractivity contribution in [3.8, 4) is 22.9 Å². The van der Waals surface area contributed by atoms with Crippen LogP contribution in [0.4, 0.5) is 23.4 Å². The van der Waals surface area contributed by atoms with Crippen LogP contribution in [0.3, 0.4) is 0 Å². The number of hydrogen-bond donors (Lipinski definition) is 3. The fourth-order valence-corrected chi connectivity index (χ4v) is 8.56. The molecular formula is C35H36F4N6O2. The smallest absolute Gasteiger partial charge is 0.319 e. The average Bonchev–Trinajstić information content (AvgIpc) is 3.46. The number of anilines is 1. The monoisotopic (exact) mass is 648 g/mol. The van der Waals surface area contributed by atoms with E-state index in [1.54, 1.807) is 0 Å². The number of aromatic hydroxyl groups is 1. The van der Waals surface area contributed by atoms with Crippen LogP contribution >= 0.6 is 0 Å². The quantitative estimate of drug-likeness (QED) is 0.239. The molecule has 5 heterocycles. The first-order chi connectivity index (χ1) is 22.7. The van der Waals surface area contributed by atoms with Crippen molar-refractivity contribution in [2.24, 2.45) is 10.8 Å². The molecule has 4 aliphatic heterocycles. The first kappa shape index (κ1) is 29.4. The predicted octanol–water partition coefficient (Wildman–Crippen LogP) is 5.11. The van der Waals surface area contributed by atoms with E-state index >= 15 is 13.2 Å². The van der Waals surface area contributed by atoms with Gasteiger partial charge in [-0.05, 0) is 68.3 Å². The number of ether oxygens (including phenoxy) is 1. The molecule has 0 radical (unpaired) electrons. The average molecular weight is 649 g/mol. The second-order valence-corrected chi connectivity index (χ2v) is 14.6. The van der Waals surface area contributed by atoms with Crippen molar-refractivity contribution in [3.05, 3.63) is 53.6 Å². The molecule has 1 aromatic heterocycles. The minimum absolute atomic E-state index is 0.000762. The highest BCUT2D eigenvalue weighted by Gasteiger charge is 2.51. The molecule has 3 N–H and O–H groups in total. The lowest BCUT2D eigenvalue weighted by Crippen LogP contribution is -2.58. The summed E-state index contributed by atoms with van der Waals surface area (Å²) in [5, 5.41) is 17.4. The van der Waals surface area contributed by atoms with Crippen molar-refractivity contribution in [1.29, 1.82) is 0 Å². The summed E-state index contributed by atoms with van der Waals surface area (Å²) in [7, 11) is 0. The fraction of sp³-hybridized carbons (Fsp3) is 0.486. The van der Waals surface area contributed by atoms with Gasteiger partial charge in [0, 0.05) is 78.5 Å². The molecule has 12 heteroatoms. The lowest BCUT2D eigenvalue weighted by Gasteiger charge is -2.49. The molecule has 1 saturated carbocycles. The third-order valence-corrected chi connectivity index (χ3v) is 11.1. The summed E-state index contributed by atoms with van der Waals surface area (Å²) in [6, 6.07) is 6.07. The van der Waals surface area contributed by atoms with E-state index in [4.69, 9.17) is 9.72 Å². The topological polar surface area (TPSA) is 85.8 Å². The van der Waals surface area contributed by atoms with Crippen LogP contribution in [0.15, 0.2) is 30.3 Å². The molecule has 0 amide bonds. The number of halogens is 4. The molecule has 4 aromatic rings. The second kappa shape index (κ2) is 10.6. The normalized spacial score (nSPS) is 24.4. The standard InChI is InChI=1S/C35H36F4N6O2/c36-25-4-1-19-9-22(46)10-23(27(19)29(25)38)28-26(37)11-24-31(30(28)39)42-33(43-32(24)45-12-20-2-3-21(13-45)41-20)47-18-34(5-6-34)15-44-16-35(17-44)7-8-40-14-35/h1,4,9-11,20-21,40-41,46H,2-3,5-8,12-18H2. The Morgan fingerprint density at radius 1 is 0.936 bits per heavy atom. The Balaban J connectivity index is 1.11. The van der Waals surface area contributed by atoms with Crippen molar-refractivity contribution in [2.75, 3.05) is 57.3 Å². The van der Waals surface area contributed by atoms with E-state index in [0.717, 1.165) is 76.6 Å². The molecule has 8 nitrogen and oxygen atoms in total. The maximum atomic E-state index is 16.7. The number of benzene rings is 3. The Morgan fingerprint density at radius 3 is 2.45 bits per heavy atom. The second-order valence-electron chi connectivity index (χ2n) is 14.6. The lowest BCUT2D eigenvalue weighted by molar-refractivity contribution is -0.00521. The van der Waals surface area contributed by atoms with Gasteiger partial charge in [0.25, 0.3) is 0 Å². The minimum atomic E-state index is -1.26. The summed E-state index contributed by atoms with van der Waals surface area (Å²) in [6.07, 6.45) is 5.26. The number of rotatable bonds is 7. The summed E-state index contributed by atoms with van der Waals surface area (Å²) in [5.41, 5.74) is -0.710. The van der Waals surface area contributed by atoms with Crippen LogP contribution in [0.5, 0.6) is 11.8 Å². The SMILES string of the molecule is Oc1cc(-c2c(F)cc3c(N4CC5CCC(C4)N5)nc(OCC4(CN5CC6(CCNC6)C5)CC4)nc3c2F)c2c(F)c(F)ccc2c1. The summed E-state index contributed by atoms with van der Waals surface area (Å²) in [4.78, 5) is 13.8. The number of phenols is 1. The van der Waals surface area contributed by atoms with Gasteiger partial charge in [-0.3, -0.25) is 0 Å². The van der Waals surface area contributed by atoms with E-state index in [1.165, 1.54) is 18.6 Å². The van der Waals surface area contributed by atoms with E-state index in [9.17, 15) is 9.50 Å². The molecule has 2 atom stereocenters. The zero-order valence-electron chi connectivity index (χ0n) is 25.9. The third kappa shape index (κ3) is 4.98. The molecular weight excluding hydrogens is 612 g/mol. The van der Waals surface area contributed by atoms with Gasteiger partial charge in [0.1, 0.15) is 22.9 Å². The lowest BCUT2D eigenvalue weighted by atomic mass is 9.78. The molecule has 1 spiro atoms. The van der Waals surface area contributed by atoms with Crippen molar-refractivity contribution >= 4 is 27.5 Å². The number of nitrogens with zero attached hydrogens (tertiary/aromatic N) is 4. The highest BCUT2D eigenvalue weighted by Crippen LogP contribution is 2.49. The number of phenolic OH excluding ortho intramolecular Hbond substituents is 1. The van der Waals surface area contributed by atoms with Gasteiger partial charge < -0.3 is 30.3 Å². The highest BCUT2D eigenvalue weighted by molar-refractivity contribution is 6.02. The van der Waals surface area contributed by atoms with E-state index in [0.29, 0.717) is 30.9 Å². The molecule has 246 valence electrons. The summed E-state index contributed by atoms with van der Waals surface area (Å²) < 4.78 is 68.6. The molecule has 1 aliphatic carbocycles. The zero-order chi connectivity index (χ0) is 32.1. The number of likely N-dealkylation sites (tertiary alicyclic amines) is 1. The zero-order valence-corrected chi connectivity index (χ0v) is 25.9. The van der Waals surface area contributed by atoms with Gasteiger partial charge in [-0.1, -0.05) is 6.07 Å². The number of aromatic nitrogens is 2. The van der Waals surface area contributed by atoms with Gasteiger partial charge in [0.2, 0.25) is 0 Å².